The van der Waals surface area contributed by atoms with E-state index in [4.69, 9.17) is 11.6 Å². The van der Waals surface area contributed by atoms with Gasteiger partial charge >= 0.3 is 0 Å². The zero-order valence-corrected chi connectivity index (χ0v) is 8.42. The van der Waals surface area contributed by atoms with Gasteiger partial charge in [-0.15, -0.1) is 0 Å². The predicted molar refractivity (Wildman–Crippen MR) is 53.8 cm³/mol. The molecule has 0 saturated heterocycles. The maximum Gasteiger partial charge on any atom is 0.223 e. The van der Waals surface area contributed by atoms with Crippen molar-refractivity contribution in [3.05, 3.63) is 29.0 Å². The van der Waals surface area contributed by atoms with Crippen LogP contribution in [0, 0.1) is 5.92 Å². The van der Waals surface area contributed by atoms with Crippen molar-refractivity contribution < 1.29 is 4.79 Å². The standard InChI is InChI=1S/C10H11ClN2O/c11-9-4-1-7(5-12-9)6-13-10(14)8-2-3-8/h1,4-5,8H,2-3,6H2,(H,13,14). The molecule has 1 heterocycles. The van der Waals surface area contributed by atoms with Crippen molar-refractivity contribution in [1.29, 1.82) is 0 Å². The van der Waals surface area contributed by atoms with E-state index in [1.54, 1.807) is 12.3 Å². The van der Waals surface area contributed by atoms with E-state index >= 15 is 0 Å². The van der Waals surface area contributed by atoms with Crippen LogP contribution in [0.2, 0.25) is 5.15 Å². The van der Waals surface area contributed by atoms with Gasteiger partial charge in [0.15, 0.2) is 0 Å². The molecule has 74 valence electrons. The smallest absolute Gasteiger partial charge is 0.223 e. The van der Waals surface area contributed by atoms with E-state index < -0.39 is 0 Å². The summed E-state index contributed by atoms with van der Waals surface area (Å²) in [5.74, 6) is 0.412. The molecular weight excluding hydrogens is 200 g/mol. The Balaban J connectivity index is 1.85. The van der Waals surface area contributed by atoms with Gasteiger partial charge in [0.2, 0.25) is 5.91 Å². The van der Waals surface area contributed by atoms with Crippen LogP contribution in [0.15, 0.2) is 18.3 Å². The molecule has 0 atom stereocenters. The van der Waals surface area contributed by atoms with Crippen LogP contribution >= 0.6 is 11.6 Å². The minimum Gasteiger partial charge on any atom is -0.352 e. The third-order valence-electron chi connectivity index (χ3n) is 2.20. The Bertz CT molecular complexity index is 332. The Kier molecular flexibility index (Phi) is 2.68. The minimum absolute atomic E-state index is 0.153. The molecule has 1 amide bonds. The van der Waals surface area contributed by atoms with Crippen LogP contribution in [-0.4, -0.2) is 10.9 Å². The molecule has 0 unspecified atom stereocenters. The lowest BCUT2D eigenvalue weighted by molar-refractivity contribution is -0.122. The Morgan fingerprint density at radius 3 is 2.93 bits per heavy atom. The van der Waals surface area contributed by atoms with Crippen molar-refractivity contribution in [1.82, 2.24) is 10.3 Å². The third-order valence-corrected chi connectivity index (χ3v) is 2.43. The molecule has 1 saturated carbocycles. The van der Waals surface area contributed by atoms with Gasteiger partial charge in [0.25, 0.3) is 0 Å². The summed E-state index contributed by atoms with van der Waals surface area (Å²) < 4.78 is 0. The molecule has 1 N–H and O–H groups in total. The van der Waals surface area contributed by atoms with Crippen LogP contribution in [0.1, 0.15) is 18.4 Å². The zero-order valence-electron chi connectivity index (χ0n) is 7.66. The van der Waals surface area contributed by atoms with Gasteiger partial charge in [0.05, 0.1) is 0 Å². The average Bonchev–Trinajstić information content (AvgIpc) is 3.00. The first-order chi connectivity index (χ1) is 6.75. The van der Waals surface area contributed by atoms with Crippen LogP contribution in [0.3, 0.4) is 0 Å². The number of nitrogens with zero attached hydrogens (tertiary/aromatic N) is 1. The first-order valence-electron chi connectivity index (χ1n) is 4.64. The number of pyridine rings is 1. The van der Waals surface area contributed by atoms with Crippen LogP contribution in [0.25, 0.3) is 0 Å². The van der Waals surface area contributed by atoms with Crippen molar-refractivity contribution >= 4 is 17.5 Å². The van der Waals surface area contributed by atoms with Gasteiger partial charge in [-0.3, -0.25) is 4.79 Å². The van der Waals surface area contributed by atoms with Crippen molar-refractivity contribution in [2.75, 3.05) is 0 Å². The molecule has 1 aliphatic rings. The van der Waals surface area contributed by atoms with E-state index in [-0.39, 0.29) is 11.8 Å². The summed E-state index contributed by atoms with van der Waals surface area (Å²) in [7, 11) is 0. The van der Waals surface area contributed by atoms with Crippen molar-refractivity contribution in [2.24, 2.45) is 5.92 Å². The lowest BCUT2D eigenvalue weighted by Gasteiger charge is -2.03. The van der Waals surface area contributed by atoms with Crippen molar-refractivity contribution in [3.63, 3.8) is 0 Å². The van der Waals surface area contributed by atoms with E-state index in [9.17, 15) is 4.79 Å². The predicted octanol–water partition coefficient (Wildman–Crippen LogP) is 1.76. The summed E-state index contributed by atoms with van der Waals surface area (Å²) in [6, 6.07) is 3.59. The summed E-state index contributed by atoms with van der Waals surface area (Å²) in [5.41, 5.74) is 0.975. The van der Waals surface area contributed by atoms with Gasteiger partial charge in [-0.05, 0) is 24.5 Å². The monoisotopic (exact) mass is 210 g/mol. The Hall–Kier alpha value is -1.09. The van der Waals surface area contributed by atoms with E-state index in [0.29, 0.717) is 11.7 Å². The van der Waals surface area contributed by atoms with Crippen molar-refractivity contribution in [3.8, 4) is 0 Å². The second-order valence-electron chi connectivity index (χ2n) is 3.48. The molecule has 4 heteroatoms. The van der Waals surface area contributed by atoms with E-state index in [1.165, 1.54) is 0 Å². The molecule has 1 fully saturated rings. The number of amides is 1. The van der Waals surface area contributed by atoms with Gasteiger partial charge in [-0.25, -0.2) is 4.98 Å². The number of aromatic nitrogens is 1. The van der Waals surface area contributed by atoms with E-state index in [1.807, 2.05) is 6.07 Å². The van der Waals surface area contributed by atoms with Gasteiger partial charge < -0.3 is 5.32 Å². The molecule has 1 aromatic heterocycles. The van der Waals surface area contributed by atoms with Crippen LogP contribution in [-0.2, 0) is 11.3 Å². The summed E-state index contributed by atoms with van der Waals surface area (Å²) in [6.45, 7) is 0.541. The number of carbonyl (C=O) groups excluding carboxylic acids is 1. The van der Waals surface area contributed by atoms with Gasteiger partial charge in [0, 0.05) is 18.7 Å². The van der Waals surface area contributed by atoms with Crippen LogP contribution < -0.4 is 5.32 Å². The number of rotatable bonds is 3. The number of hydrogen-bond acceptors (Lipinski definition) is 2. The Morgan fingerprint density at radius 2 is 2.36 bits per heavy atom. The summed E-state index contributed by atoms with van der Waals surface area (Å²) in [6.07, 6.45) is 3.74. The van der Waals surface area contributed by atoms with E-state index in [2.05, 4.69) is 10.3 Å². The molecule has 0 spiro atoms. The molecular formula is C10H11ClN2O. The maximum atomic E-state index is 11.3. The molecule has 2 rings (SSSR count). The quantitative estimate of drug-likeness (QED) is 0.773. The maximum absolute atomic E-state index is 11.3. The Morgan fingerprint density at radius 1 is 1.57 bits per heavy atom. The molecule has 1 aromatic rings. The van der Waals surface area contributed by atoms with Gasteiger partial charge in [-0.1, -0.05) is 17.7 Å². The van der Waals surface area contributed by atoms with Crippen LogP contribution in [0.5, 0.6) is 0 Å². The van der Waals surface area contributed by atoms with Crippen molar-refractivity contribution in [2.45, 2.75) is 19.4 Å². The largest absolute Gasteiger partial charge is 0.352 e. The van der Waals surface area contributed by atoms with Gasteiger partial charge in [-0.2, -0.15) is 0 Å². The lowest BCUT2D eigenvalue weighted by atomic mass is 10.3. The summed E-state index contributed by atoms with van der Waals surface area (Å²) >= 11 is 5.64. The molecule has 3 nitrogen and oxygen atoms in total. The highest BCUT2D eigenvalue weighted by Gasteiger charge is 2.29. The summed E-state index contributed by atoms with van der Waals surface area (Å²) in [4.78, 5) is 15.2. The molecule has 14 heavy (non-hydrogen) atoms. The average molecular weight is 211 g/mol. The molecule has 0 bridgehead atoms. The van der Waals surface area contributed by atoms with Gasteiger partial charge in [0.1, 0.15) is 5.15 Å². The molecule has 0 aliphatic heterocycles. The normalized spacial score (nSPS) is 15.2. The molecule has 0 aromatic carbocycles. The highest BCUT2D eigenvalue weighted by molar-refractivity contribution is 6.29. The highest BCUT2D eigenvalue weighted by atomic mass is 35.5. The molecule has 1 aliphatic carbocycles. The van der Waals surface area contributed by atoms with E-state index in [0.717, 1.165) is 18.4 Å². The number of carbonyl (C=O) groups is 1. The fraction of sp³-hybridized carbons (Fsp3) is 0.400. The fourth-order valence-electron chi connectivity index (χ4n) is 1.19. The third kappa shape index (κ3) is 2.45. The summed E-state index contributed by atoms with van der Waals surface area (Å²) in [5, 5.41) is 3.33. The lowest BCUT2D eigenvalue weighted by Crippen LogP contribution is -2.24. The molecule has 0 radical (unpaired) electrons. The second kappa shape index (κ2) is 3.96. The SMILES string of the molecule is O=C(NCc1ccc(Cl)nc1)C1CC1. The topological polar surface area (TPSA) is 42.0 Å². The number of halogens is 1. The highest BCUT2D eigenvalue weighted by Crippen LogP contribution is 2.28. The van der Waals surface area contributed by atoms with Crippen LogP contribution in [0.4, 0.5) is 0 Å². The zero-order chi connectivity index (χ0) is 9.97. The number of nitrogens with one attached hydrogen (secondary N) is 1. The Labute approximate surface area is 87.5 Å². The first kappa shape index (κ1) is 9.46. The number of hydrogen-bond donors (Lipinski definition) is 1. The fourth-order valence-corrected chi connectivity index (χ4v) is 1.30. The first-order valence-corrected chi connectivity index (χ1v) is 5.01. The second-order valence-corrected chi connectivity index (χ2v) is 3.87. The minimum atomic E-state index is 0.153.